The van der Waals surface area contributed by atoms with Crippen molar-refractivity contribution in [2.24, 2.45) is 5.73 Å². The Hall–Kier alpha value is -2.01. The average molecular weight is 315 g/mol. The Morgan fingerprint density at radius 2 is 2.44 bits per heavy atom. The van der Waals surface area contributed by atoms with Crippen LogP contribution in [0.2, 0.25) is 0 Å². The first-order valence-electron chi connectivity index (χ1n) is 4.91. The van der Waals surface area contributed by atoms with Gasteiger partial charge in [-0.25, -0.2) is 9.48 Å². The van der Waals surface area contributed by atoms with Crippen molar-refractivity contribution in [3.63, 3.8) is 0 Å². The van der Waals surface area contributed by atoms with Gasteiger partial charge in [-0.15, -0.1) is 6.42 Å². The van der Waals surface area contributed by atoms with Gasteiger partial charge in [-0.3, -0.25) is 4.79 Å². The number of halogens is 1. The average Bonchev–Trinajstić information content (AvgIpc) is 2.33. The van der Waals surface area contributed by atoms with Crippen molar-refractivity contribution >= 4 is 27.7 Å². The van der Waals surface area contributed by atoms with Gasteiger partial charge in [-0.05, 0) is 15.9 Å². The minimum atomic E-state index is -0.849. The molecule has 0 aliphatic carbocycles. The molecule has 0 fully saturated rings. The van der Waals surface area contributed by atoms with E-state index in [1.165, 1.54) is 6.20 Å². The van der Waals surface area contributed by atoms with E-state index >= 15 is 0 Å². The van der Waals surface area contributed by atoms with Crippen LogP contribution >= 0.6 is 15.9 Å². The number of terminal acetylenes is 1. The van der Waals surface area contributed by atoms with Crippen LogP contribution < -0.4 is 16.6 Å². The number of amides is 1. The standard InChI is InChI=1S/C10H11BrN4O3/c1-2-4-15-9(16)8(11)7(6-14-15)13-3-5-18-10(12)17/h1,6,13H,3-5H2,(H2,12,17). The van der Waals surface area contributed by atoms with Gasteiger partial charge in [0.05, 0.1) is 11.9 Å². The molecule has 96 valence electrons. The van der Waals surface area contributed by atoms with E-state index in [-0.39, 0.29) is 18.7 Å². The van der Waals surface area contributed by atoms with Crippen molar-refractivity contribution in [3.05, 3.63) is 21.0 Å². The zero-order valence-electron chi connectivity index (χ0n) is 9.35. The van der Waals surface area contributed by atoms with E-state index in [9.17, 15) is 9.59 Å². The van der Waals surface area contributed by atoms with Gasteiger partial charge < -0.3 is 15.8 Å². The Bertz CT molecular complexity index is 535. The number of rotatable bonds is 5. The van der Waals surface area contributed by atoms with Crippen LogP contribution in [0.1, 0.15) is 0 Å². The highest BCUT2D eigenvalue weighted by molar-refractivity contribution is 9.10. The predicted octanol–water partition coefficient (Wildman–Crippen LogP) is 0.146. The largest absolute Gasteiger partial charge is 0.448 e. The molecule has 0 aliphatic heterocycles. The summed E-state index contributed by atoms with van der Waals surface area (Å²) in [6.07, 6.45) is 5.71. The summed E-state index contributed by atoms with van der Waals surface area (Å²) >= 11 is 3.15. The van der Waals surface area contributed by atoms with Crippen LogP contribution in [0.4, 0.5) is 10.5 Å². The number of ether oxygens (including phenoxy) is 1. The van der Waals surface area contributed by atoms with Crippen LogP contribution in [0.5, 0.6) is 0 Å². The predicted molar refractivity (Wildman–Crippen MR) is 69.1 cm³/mol. The molecule has 0 atom stereocenters. The lowest BCUT2D eigenvalue weighted by molar-refractivity contribution is 0.161. The van der Waals surface area contributed by atoms with Crippen molar-refractivity contribution in [3.8, 4) is 12.3 Å². The van der Waals surface area contributed by atoms with E-state index in [1.54, 1.807) is 0 Å². The monoisotopic (exact) mass is 314 g/mol. The van der Waals surface area contributed by atoms with Gasteiger partial charge >= 0.3 is 6.09 Å². The zero-order valence-corrected chi connectivity index (χ0v) is 10.9. The summed E-state index contributed by atoms with van der Waals surface area (Å²) in [6, 6.07) is 0. The Kier molecular flexibility index (Phi) is 5.20. The van der Waals surface area contributed by atoms with Crippen molar-refractivity contribution in [2.75, 3.05) is 18.5 Å². The number of nitrogens with zero attached hydrogens (tertiary/aromatic N) is 2. The molecular weight excluding hydrogens is 304 g/mol. The Morgan fingerprint density at radius 1 is 1.72 bits per heavy atom. The fourth-order valence-electron chi connectivity index (χ4n) is 1.12. The maximum absolute atomic E-state index is 11.7. The van der Waals surface area contributed by atoms with Crippen molar-refractivity contribution < 1.29 is 9.53 Å². The molecule has 0 radical (unpaired) electrons. The van der Waals surface area contributed by atoms with Gasteiger partial charge in [0.2, 0.25) is 0 Å². The number of hydrogen-bond donors (Lipinski definition) is 2. The third kappa shape index (κ3) is 3.78. The van der Waals surface area contributed by atoms with Gasteiger partial charge in [-0.1, -0.05) is 5.92 Å². The minimum Gasteiger partial charge on any atom is -0.448 e. The van der Waals surface area contributed by atoms with Gasteiger partial charge in [0.1, 0.15) is 17.6 Å². The van der Waals surface area contributed by atoms with Gasteiger partial charge in [-0.2, -0.15) is 5.10 Å². The molecule has 1 aromatic heterocycles. The molecule has 0 aliphatic rings. The maximum Gasteiger partial charge on any atom is 0.404 e. The molecule has 8 heteroatoms. The topological polar surface area (TPSA) is 99.2 Å². The van der Waals surface area contributed by atoms with Crippen molar-refractivity contribution in [2.45, 2.75) is 6.54 Å². The van der Waals surface area contributed by atoms with E-state index in [4.69, 9.17) is 12.2 Å². The van der Waals surface area contributed by atoms with Gasteiger partial charge in [0.25, 0.3) is 5.56 Å². The molecule has 1 aromatic rings. The molecule has 0 aromatic carbocycles. The third-order valence-corrected chi connectivity index (χ3v) is 2.65. The number of aromatic nitrogens is 2. The van der Waals surface area contributed by atoms with Crippen LogP contribution in [-0.2, 0) is 11.3 Å². The summed E-state index contributed by atoms with van der Waals surface area (Å²) in [5.74, 6) is 2.32. The molecule has 18 heavy (non-hydrogen) atoms. The number of anilines is 1. The maximum atomic E-state index is 11.7. The third-order valence-electron chi connectivity index (χ3n) is 1.89. The van der Waals surface area contributed by atoms with Crippen molar-refractivity contribution in [1.82, 2.24) is 9.78 Å². The van der Waals surface area contributed by atoms with E-state index in [0.717, 1.165) is 4.68 Å². The Labute approximate surface area is 111 Å². The second kappa shape index (κ2) is 6.66. The summed E-state index contributed by atoms with van der Waals surface area (Å²) in [7, 11) is 0. The summed E-state index contributed by atoms with van der Waals surface area (Å²) in [5.41, 5.74) is 4.94. The molecule has 0 saturated carbocycles. The van der Waals surface area contributed by atoms with Crippen molar-refractivity contribution in [1.29, 1.82) is 0 Å². The molecule has 0 unspecified atom stereocenters. The lowest BCUT2D eigenvalue weighted by Crippen LogP contribution is -2.25. The highest BCUT2D eigenvalue weighted by Gasteiger charge is 2.07. The lowest BCUT2D eigenvalue weighted by Gasteiger charge is -2.09. The summed E-state index contributed by atoms with van der Waals surface area (Å²) in [4.78, 5) is 22.1. The summed E-state index contributed by atoms with van der Waals surface area (Å²) in [5, 5.41) is 6.75. The number of nitrogens with two attached hydrogens (primary N) is 1. The second-order valence-electron chi connectivity index (χ2n) is 3.13. The molecule has 7 nitrogen and oxygen atoms in total. The second-order valence-corrected chi connectivity index (χ2v) is 3.93. The first-order chi connectivity index (χ1) is 8.56. The quantitative estimate of drug-likeness (QED) is 0.595. The zero-order chi connectivity index (χ0) is 13.5. The fraction of sp³-hybridized carbons (Fsp3) is 0.300. The number of carbonyl (C=O) groups is 1. The molecule has 1 amide bonds. The number of carbonyl (C=O) groups excluding carboxylic acids is 1. The smallest absolute Gasteiger partial charge is 0.404 e. The van der Waals surface area contributed by atoms with Gasteiger partial charge in [0, 0.05) is 6.54 Å². The molecule has 1 heterocycles. The Morgan fingerprint density at radius 3 is 3.06 bits per heavy atom. The van der Waals surface area contributed by atoms with Gasteiger partial charge in [0.15, 0.2) is 0 Å². The van der Waals surface area contributed by atoms with Crippen LogP contribution in [-0.4, -0.2) is 29.0 Å². The van der Waals surface area contributed by atoms with Crippen LogP contribution in [0.25, 0.3) is 0 Å². The lowest BCUT2D eigenvalue weighted by atomic mass is 10.4. The SMILES string of the molecule is C#CCn1ncc(NCCOC(N)=O)c(Br)c1=O. The van der Waals surface area contributed by atoms with E-state index < -0.39 is 6.09 Å². The Balaban J connectivity index is 2.68. The van der Waals surface area contributed by atoms with Crippen LogP contribution in [0, 0.1) is 12.3 Å². The molecule has 3 N–H and O–H groups in total. The number of nitrogens with one attached hydrogen (secondary N) is 1. The first kappa shape index (κ1) is 14.1. The number of primary amides is 1. The minimum absolute atomic E-state index is 0.0925. The van der Waals surface area contributed by atoms with E-state index in [0.29, 0.717) is 16.7 Å². The van der Waals surface area contributed by atoms with E-state index in [1.807, 2.05) is 0 Å². The fourth-order valence-corrected chi connectivity index (χ4v) is 1.57. The molecule has 0 spiro atoms. The molecule has 1 rings (SSSR count). The number of hydrogen-bond acceptors (Lipinski definition) is 5. The molecular formula is C10H11BrN4O3. The van der Waals surface area contributed by atoms with Crippen LogP contribution in [0.3, 0.4) is 0 Å². The van der Waals surface area contributed by atoms with E-state index in [2.05, 4.69) is 37.0 Å². The summed E-state index contributed by atoms with van der Waals surface area (Å²) in [6.45, 7) is 0.500. The van der Waals surface area contributed by atoms with Crippen LogP contribution in [0.15, 0.2) is 15.5 Å². The highest BCUT2D eigenvalue weighted by Crippen LogP contribution is 2.15. The summed E-state index contributed by atoms with van der Waals surface area (Å²) < 4.78 is 5.99. The first-order valence-corrected chi connectivity index (χ1v) is 5.70. The highest BCUT2D eigenvalue weighted by atomic mass is 79.9. The molecule has 0 saturated heterocycles. The normalized spacial score (nSPS) is 9.56. The molecule has 0 bridgehead atoms.